The van der Waals surface area contributed by atoms with Gasteiger partial charge in [0.25, 0.3) is 5.91 Å². The molecule has 0 spiro atoms. The van der Waals surface area contributed by atoms with Crippen LogP contribution in [0.3, 0.4) is 0 Å². The van der Waals surface area contributed by atoms with Crippen molar-refractivity contribution >= 4 is 28.2 Å². The Hall–Kier alpha value is -2.21. The molecule has 5 nitrogen and oxygen atoms in total. The van der Waals surface area contributed by atoms with Gasteiger partial charge in [-0.25, -0.2) is 4.79 Å². The minimum atomic E-state index is -1.00. The van der Waals surface area contributed by atoms with E-state index in [1.165, 1.54) is 6.07 Å². The van der Waals surface area contributed by atoms with E-state index < -0.39 is 5.97 Å². The number of anilines is 1. The first-order valence-electron chi connectivity index (χ1n) is 5.56. The lowest BCUT2D eigenvalue weighted by atomic mass is 10.2. The van der Waals surface area contributed by atoms with Crippen molar-refractivity contribution in [2.45, 2.75) is 13.8 Å². The topological polar surface area (TPSA) is 79.3 Å². The smallest absolute Gasteiger partial charge is 0.345 e. The Morgan fingerprint density at radius 2 is 1.95 bits per heavy atom. The number of hydrogen-bond acceptors (Lipinski definition) is 4. The SMILES string of the molecule is Cc1ccc(C(=O)Nc2ccc(C(=O)O)s2)c(C)n1. The van der Waals surface area contributed by atoms with Crippen LogP contribution < -0.4 is 5.32 Å². The fourth-order valence-corrected chi connectivity index (χ4v) is 2.37. The standard InChI is InChI=1S/C13H12N2O3S/c1-7-3-4-9(8(2)14-7)12(16)15-11-6-5-10(19-11)13(17)18/h3-6H,1-2H3,(H,15,16)(H,17,18). The average Bonchev–Trinajstić information content (AvgIpc) is 2.77. The minimum absolute atomic E-state index is 0.189. The summed E-state index contributed by atoms with van der Waals surface area (Å²) in [6.45, 7) is 3.62. The normalized spacial score (nSPS) is 10.2. The van der Waals surface area contributed by atoms with Crippen molar-refractivity contribution in [1.29, 1.82) is 0 Å². The van der Waals surface area contributed by atoms with Crippen LogP contribution in [-0.4, -0.2) is 22.0 Å². The van der Waals surface area contributed by atoms with Gasteiger partial charge in [0.15, 0.2) is 0 Å². The van der Waals surface area contributed by atoms with Crippen LogP contribution in [0.4, 0.5) is 5.00 Å². The molecule has 6 heteroatoms. The van der Waals surface area contributed by atoms with Crippen molar-refractivity contribution in [2.75, 3.05) is 5.32 Å². The molecule has 2 heterocycles. The Morgan fingerprint density at radius 1 is 1.21 bits per heavy atom. The summed E-state index contributed by atoms with van der Waals surface area (Å²) >= 11 is 1.02. The second-order valence-electron chi connectivity index (χ2n) is 4.01. The number of thiophene rings is 1. The lowest BCUT2D eigenvalue weighted by Gasteiger charge is -2.05. The third kappa shape index (κ3) is 2.97. The molecular formula is C13H12N2O3S. The summed E-state index contributed by atoms with van der Waals surface area (Å²) in [6, 6.07) is 6.50. The van der Waals surface area contributed by atoms with E-state index in [1.807, 2.05) is 6.92 Å². The summed E-state index contributed by atoms with van der Waals surface area (Å²) in [4.78, 5) is 27.2. The maximum Gasteiger partial charge on any atom is 0.345 e. The van der Waals surface area contributed by atoms with Crippen LogP contribution in [0.1, 0.15) is 31.4 Å². The van der Waals surface area contributed by atoms with Crippen molar-refractivity contribution in [3.8, 4) is 0 Å². The Labute approximate surface area is 113 Å². The fraction of sp³-hybridized carbons (Fsp3) is 0.154. The van der Waals surface area contributed by atoms with Crippen LogP contribution in [0, 0.1) is 13.8 Å². The molecule has 98 valence electrons. The molecule has 2 aromatic heterocycles. The Balaban J connectivity index is 2.18. The highest BCUT2D eigenvalue weighted by Gasteiger charge is 2.13. The number of pyridine rings is 1. The summed E-state index contributed by atoms with van der Waals surface area (Å²) in [5.41, 5.74) is 1.97. The molecule has 0 fully saturated rings. The summed E-state index contributed by atoms with van der Waals surface area (Å²) in [5.74, 6) is -1.29. The van der Waals surface area contributed by atoms with E-state index in [2.05, 4.69) is 10.3 Å². The number of carbonyl (C=O) groups excluding carboxylic acids is 1. The van der Waals surface area contributed by atoms with E-state index in [9.17, 15) is 9.59 Å². The van der Waals surface area contributed by atoms with Crippen LogP contribution >= 0.6 is 11.3 Å². The fourth-order valence-electron chi connectivity index (χ4n) is 1.63. The quantitative estimate of drug-likeness (QED) is 0.903. The number of carboxylic acid groups (broad SMARTS) is 1. The molecule has 0 radical (unpaired) electrons. The van der Waals surface area contributed by atoms with Gasteiger partial charge >= 0.3 is 5.97 Å². The maximum absolute atomic E-state index is 12.0. The van der Waals surface area contributed by atoms with Crippen molar-refractivity contribution < 1.29 is 14.7 Å². The van der Waals surface area contributed by atoms with Gasteiger partial charge in [-0.05, 0) is 38.1 Å². The number of nitrogens with zero attached hydrogens (tertiary/aromatic N) is 1. The van der Waals surface area contributed by atoms with Gasteiger partial charge in [-0.1, -0.05) is 0 Å². The van der Waals surface area contributed by atoms with Crippen LogP contribution in [0.5, 0.6) is 0 Å². The van der Waals surface area contributed by atoms with E-state index in [-0.39, 0.29) is 10.8 Å². The van der Waals surface area contributed by atoms with Crippen LogP contribution in [0.15, 0.2) is 24.3 Å². The largest absolute Gasteiger partial charge is 0.477 e. The lowest BCUT2D eigenvalue weighted by Crippen LogP contribution is -2.13. The lowest BCUT2D eigenvalue weighted by molar-refractivity contribution is 0.0702. The van der Waals surface area contributed by atoms with Gasteiger partial charge in [0.1, 0.15) is 4.88 Å². The van der Waals surface area contributed by atoms with E-state index in [4.69, 9.17) is 5.11 Å². The zero-order chi connectivity index (χ0) is 14.0. The Morgan fingerprint density at radius 3 is 2.53 bits per heavy atom. The zero-order valence-electron chi connectivity index (χ0n) is 10.4. The van der Waals surface area contributed by atoms with Crippen molar-refractivity contribution in [3.05, 3.63) is 46.1 Å². The van der Waals surface area contributed by atoms with Gasteiger partial charge in [0.05, 0.1) is 16.3 Å². The molecule has 0 bridgehead atoms. The van der Waals surface area contributed by atoms with Crippen molar-refractivity contribution in [3.63, 3.8) is 0 Å². The molecule has 0 unspecified atom stereocenters. The second-order valence-corrected chi connectivity index (χ2v) is 5.09. The van der Waals surface area contributed by atoms with Gasteiger partial charge in [0.2, 0.25) is 0 Å². The maximum atomic E-state index is 12.0. The first-order valence-corrected chi connectivity index (χ1v) is 6.38. The predicted octanol–water partition coefficient (Wildman–Crippen LogP) is 2.71. The van der Waals surface area contributed by atoms with Gasteiger partial charge in [-0.3, -0.25) is 9.78 Å². The highest BCUT2D eigenvalue weighted by Crippen LogP contribution is 2.22. The van der Waals surface area contributed by atoms with Crippen LogP contribution in [-0.2, 0) is 0 Å². The minimum Gasteiger partial charge on any atom is -0.477 e. The van der Waals surface area contributed by atoms with E-state index in [0.29, 0.717) is 16.3 Å². The molecule has 0 saturated carbocycles. The molecule has 19 heavy (non-hydrogen) atoms. The van der Waals surface area contributed by atoms with Crippen molar-refractivity contribution in [1.82, 2.24) is 4.98 Å². The number of rotatable bonds is 3. The molecule has 2 rings (SSSR count). The van der Waals surface area contributed by atoms with E-state index >= 15 is 0 Å². The summed E-state index contributed by atoms with van der Waals surface area (Å²) in [5, 5.41) is 12.0. The average molecular weight is 276 g/mol. The highest BCUT2D eigenvalue weighted by molar-refractivity contribution is 7.18. The number of amides is 1. The second kappa shape index (κ2) is 5.19. The molecule has 0 aliphatic heterocycles. The highest BCUT2D eigenvalue weighted by atomic mass is 32.1. The zero-order valence-corrected chi connectivity index (χ0v) is 11.2. The van der Waals surface area contributed by atoms with E-state index in [0.717, 1.165) is 17.0 Å². The molecule has 1 amide bonds. The molecule has 0 aliphatic carbocycles. The Bertz CT molecular complexity index is 649. The number of aromatic carboxylic acids is 1. The monoisotopic (exact) mass is 276 g/mol. The number of hydrogen-bond donors (Lipinski definition) is 2. The molecule has 2 aromatic rings. The number of nitrogens with one attached hydrogen (secondary N) is 1. The number of carbonyl (C=O) groups is 2. The first kappa shape index (κ1) is 13.2. The summed E-state index contributed by atoms with van der Waals surface area (Å²) < 4.78 is 0. The number of aryl methyl sites for hydroxylation is 2. The molecular weight excluding hydrogens is 264 g/mol. The van der Waals surface area contributed by atoms with E-state index in [1.54, 1.807) is 25.1 Å². The third-order valence-corrected chi connectivity index (χ3v) is 3.51. The van der Waals surface area contributed by atoms with Crippen LogP contribution in [0.2, 0.25) is 0 Å². The summed E-state index contributed by atoms with van der Waals surface area (Å²) in [6.07, 6.45) is 0. The first-order chi connectivity index (χ1) is 8.97. The van der Waals surface area contributed by atoms with Gasteiger partial charge < -0.3 is 10.4 Å². The van der Waals surface area contributed by atoms with Crippen molar-refractivity contribution in [2.24, 2.45) is 0 Å². The summed E-state index contributed by atoms with van der Waals surface area (Å²) in [7, 11) is 0. The molecule has 0 aromatic carbocycles. The third-order valence-electron chi connectivity index (χ3n) is 2.52. The van der Waals surface area contributed by atoms with Crippen LogP contribution in [0.25, 0.3) is 0 Å². The Kier molecular flexibility index (Phi) is 3.62. The number of carboxylic acids is 1. The molecule has 0 aliphatic rings. The molecule has 2 N–H and O–H groups in total. The van der Waals surface area contributed by atoms with Gasteiger partial charge in [-0.15, -0.1) is 11.3 Å². The number of aromatic nitrogens is 1. The van der Waals surface area contributed by atoms with Gasteiger partial charge in [-0.2, -0.15) is 0 Å². The van der Waals surface area contributed by atoms with Gasteiger partial charge in [0, 0.05) is 5.69 Å². The molecule has 0 saturated heterocycles. The predicted molar refractivity (Wildman–Crippen MR) is 72.9 cm³/mol. The molecule has 0 atom stereocenters.